The molecule has 1 fully saturated rings. The van der Waals surface area contributed by atoms with Crippen LogP contribution < -0.4 is 4.74 Å². The third kappa shape index (κ3) is 3.52. The van der Waals surface area contributed by atoms with Gasteiger partial charge in [0.15, 0.2) is 0 Å². The highest BCUT2D eigenvalue weighted by Crippen LogP contribution is 2.25. The predicted molar refractivity (Wildman–Crippen MR) is 92.3 cm³/mol. The fraction of sp³-hybridized carbons (Fsp3) is 0.368. The summed E-state index contributed by atoms with van der Waals surface area (Å²) in [6.45, 7) is 5.01. The zero-order chi connectivity index (χ0) is 18.0. The number of carbonyl (C=O) groups excluding carboxylic acids is 2. The van der Waals surface area contributed by atoms with Crippen LogP contribution in [0.25, 0.3) is 0 Å². The van der Waals surface area contributed by atoms with Crippen molar-refractivity contribution in [2.24, 2.45) is 0 Å². The van der Waals surface area contributed by atoms with Crippen molar-refractivity contribution in [3.8, 4) is 5.88 Å². The van der Waals surface area contributed by atoms with Crippen LogP contribution in [0.5, 0.6) is 5.88 Å². The summed E-state index contributed by atoms with van der Waals surface area (Å²) in [6, 6.07) is 9.77. The molecule has 1 amide bonds. The second-order valence-corrected chi connectivity index (χ2v) is 6.53. The van der Waals surface area contributed by atoms with Gasteiger partial charge in [-0.15, -0.1) is 0 Å². The molecule has 25 heavy (non-hydrogen) atoms. The number of nitrogens with zero attached hydrogens (tertiary/aromatic N) is 3. The van der Waals surface area contributed by atoms with Gasteiger partial charge in [0.25, 0.3) is 5.91 Å². The monoisotopic (exact) mass is 339 g/mol. The van der Waals surface area contributed by atoms with E-state index in [9.17, 15) is 9.59 Å². The lowest BCUT2D eigenvalue weighted by Crippen LogP contribution is -2.22. The summed E-state index contributed by atoms with van der Waals surface area (Å²) >= 11 is 0. The molecule has 1 atom stereocenters. The quantitative estimate of drug-likeness (QED) is 0.782. The smallest absolute Gasteiger partial charge is 0.290 e. The summed E-state index contributed by atoms with van der Waals surface area (Å²) < 4.78 is 5.81. The van der Waals surface area contributed by atoms with Gasteiger partial charge < -0.3 is 9.64 Å². The first-order chi connectivity index (χ1) is 12.0. The summed E-state index contributed by atoms with van der Waals surface area (Å²) in [5.41, 5.74) is 2.85. The molecule has 0 aliphatic carbocycles. The van der Waals surface area contributed by atoms with Gasteiger partial charge in [0.1, 0.15) is 12.9 Å². The first kappa shape index (κ1) is 17.1. The highest BCUT2D eigenvalue weighted by molar-refractivity contribution is 6.40. The summed E-state index contributed by atoms with van der Waals surface area (Å²) in [6.07, 6.45) is 1.37. The number of Topliss-reactive ketones (excluding diaryl/α,β-unsaturated/α-hetero) is 1. The maximum Gasteiger partial charge on any atom is 0.290 e. The second kappa shape index (κ2) is 7.01. The van der Waals surface area contributed by atoms with Crippen molar-refractivity contribution in [3.05, 3.63) is 53.5 Å². The molecule has 1 aliphatic heterocycles. The summed E-state index contributed by atoms with van der Waals surface area (Å²) in [5, 5.41) is 0. The Morgan fingerprint density at radius 3 is 2.68 bits per heavy atom. The van der Waals surface area contributed by atoms with E-state index >= 15 is 0 Å². The van der Waals surface area contributed by atoms with Gasteiger partial charge in [-0.2, -0.15) is 0 Å². The average Bonchev–Trinajstić information content (AvgIpc) is 2.88. The first-order valence-corrected chi connectivity index (χ1v) is 8.29. The fourth-order valence-electron chi connectivity index (χ4n) is 3.01. The summed E-state index contributed by atoms with van der Waals surface area (Å²) in [5.74, 6) is -0.656. The number of rotatable bonds is 5. The zero-order valence-electron chi connectivity index (χ0n) is 14.6. The van der Waals surface area contributed by atoms with E-state index in [1.807, 2.05) is 18.2 Å². The molecular formula is C19H21N3O3. The minimum atomic E-state index is -0.550. The van der Waals surface area contributed by atoms with Crippen molar-refractivity contribution in [1.82, 2.24) is 14.9 Å². The van der Waals surface area contributed by atoms with Crippen LogP contribution in [0.2, 0.25) is 0 Å². The molecule has 1 aromatic heterocycles. The lowest BCUT2D eigenvalue weighted by atomic mass is 9.98. The Bertz CT molecular complexity index is 804. The lowest BCUT2D eigenvalue weighted by molar-refractivity contribution is -0.139. The van der Waals surface area contributed by atoms with Crippen molar-refractivity contribution in [3.63, 3.8) is 0 Å². The topological polar surface area (TPSA) is 72.4 Å². The molecule has 0 N–H and O–H groups in total. The molecule has 0 bridgehead atoms. The number of ether oxygens (including phenoxy) is 1. The number of ketones is 1. The Labute approximate surface area is 146 Å². The van der Waals surface area contributed by atoms with E-state index in [0.717, 1.165) is 5.56 Å². The van der Waals surface area contributed by atoms with Gasteiger partial charge in [-0.25, -0.2) is 9.97 Å². The van der Waals surface area contributed by atoms with E-state index in [1.54, 1.807) is 13.1 Å². The number of amides is 1. The Morgan fingerprint density at radius 1 is 1.24 bits per heavy atom. The number of aromatic nitrogens is 2. The largest absolute Gasteiger partial charge is 0.473 e. The molecule has 2 heterocycles. The van der Waals surface area contributed by atoms with Crippen LogP contribution >= 0.6 is 0 Å². The number of likely N-dealkylation sites (N-methyl/N-ethyl adjacent to an activating group) is 1. The third-order valence-corrected chi connectivity index (χ3v) is 4.40. The van der Waals surface area contributed by atoms with Crippen LogP contribution in [0.1, 0.15) is 42.5 Å². The molecule has 6 heteroatoms. The van der Waals surface area contributed by atoms with Crippen molar-refractivity contribution in [2.45, 2.75) is 32.3 Å². The van der Waals surface area contributed by atoms with Crippen LogP contribution in [0.4, 0.5) is 0 Å². The van der Waals surface area contributed by atoms with E-state index in [-0.39, 0.29) is 0 Å². The molecule has 1 unspecified atom stereocenters. The average molecular weight is 339 g/mol. The van der Waals surface area contributed by atoms with E-state index in [4.69, 9.17) is 4.74 Å². The molecule has 1 aromatic carbocycles. The van der Waals surface area contributed by atoms with Crippen LogP contribution in [-0.2, 0) is 16.2 Å². The molecule has 3 rings (SSSR count). The standard InChI is InChI=1S/C19H21N3O3/c1-12(2)14-7-5-4-6-13(14)10-25-17-8-16(20-11-21-17)15-9-22(3)19(24)18(15)23/h4-8,11-12,15H,9-10H2,1-3H3. The molecule has 6 nitrogen and oxygen atoms in total. The van der Waals surface area contributed by atoms with Gasteiger partial charge in [0.05, 0.1) is 11.6 Å². The molecule has 0 saturated carbocycles. The Balaban J connectivity index is 1.75. The van der Waals surface area contributed by atoms with Crippen molar-refractivity contribution in [2.75, 3.05) is 13.6 Å². The number of hydrogen-bond donors (Lipinski definition) is 0. The Hall–Kier alpha value is -2.76. The molecule has 130 valence electrons. The zero-order valence-corrected chi connectivity index (χ0v) is 14.6. The SMILES string of the molecule is CC(C)c1ccccc1COc1cc(C2CN(C)C(=O)C2=O)ncn1. The minimum Gasteiger partial charge on any atom is -0.473 e. The third-order valence-electron chi connectivity index (χ3n) is 4.40. The molecule has 0 spiro atoms. The fourth-order valence-corrected chi connectivity index (χ4v) is 3.01. The molecule has 2 aromatic rings. The number of hydrogen-bond acceptors (Lipinski definition) is 5. The number of carbonyl (C=O) groups is 2. The van der Waals surface area contributed by atoms with E-state index < -0.39 is 17.6 Å². The summed E-state index contributed by atoms with van der Waals surface area (Å²) in [7, 11) is 1.61. The van der Waals surface area contributed by atoms with Crippen molar-refractivity contribution in [1.29, 1.82) is 0 Å². The van der Waals surface area contributed by atoms with Crippen LogP contribution in [0, 0.1) is 0 Å². The van der Waals surface area contributed by atoms with Gasteiger partial charge in [-0.3, -0.25) is 9.59 Å². The molecular weight excluding hydrogens is 318 g/mol. The van der Waals surface area contributed by atoms with Crippen molar-refractivity contribution >= 4 is 11.7 Å². The number of benzene rings is 1. The Kier molecular flexibility index (Phi) is 4.79. The lowest BCUT2D eigenvalue weighted by Gasteiger charge is -2.14. The van der Waals surface area contributed by atoms with Crippen molar-refractivity contribution < 1.29 is 14.3 Å². The molecule has 1 aliphatic rings. The first-order valence-electron chi connectivity index (χ1n) is 8.29. The Morgan fingerprint density at radius 2 is 2.00 bits per heavy atom. The van der Waals surface area contributed by atoms with Gasteiger partial charge in [-0.1, -0.05) is 38.1 Å². The van der Waals surface area contributed by atoms with E-state index in [1.165, 1.54) is 16.8 Å². The maximum absolute atomic E-state index is 12.0. The van der Waals surface area contributed by atoms with Gasteiger partial charge >= 0.3 is 0 Å². The van der Waals surface area contributed by atoms with Gasteiger partial charge in [-0.05, 0) is 17.0 Å². The minimum absolute atomic E-state index is 0.338. The molecule has 0 radical (unpaired) electrons. The van der Waals surface area contributed by atoms with E-state index in [0.29, 0.717) is 30.6 Å². The normalized spacial score (nSPS) is 17.4. The molecule has 1 saturated heterocycles. The highest BCUT2D eigenvalue weighted by Gasteiger charge is 2.38. The maximum atomic E-state index is 12.0. The predicted octanol–water partition coefficient (Wildman–Crippen LogP) is 2.30. The highest BCUT2D eigenvalue weighted by atomic mass is 16.5. The van der Waals surface area contributed by atoms with Gasteiger partial charge in [0, 0.05) is 19.7 Å². The van der Waals surface area contributed by atoms with Crippen LogP contribution in [-0.4, -0.2) is 40.2 Å². The van der Waals surface area contributed by atoms with E-state index in [2.05, 4.69) is 29.9 Å². The van der Waals surface area contributed by atoms with Gasteiger partial charge in [0.2, 0.25) is 11.7 Å². The number of likely N-dealkylation sites (tertiary alicyclic amines) is 1. The second-order valence-electron chi connectivity index (χ2n) is 6.53. The van der Waals surface area contributed by atoms with Crippen LogP contribution in [0.15, 0.2) is 36.7 Å². The summed E-state index contributed by atoms with van der Waals surface area (Å²) in [4.78, 5) is 33.4. The van der Waals surface area contributed by atoms with Crippen LogP contribution in [0.3, 0.4) is 0 Å².